The number of amides is 2. The monoisotopic (exact) mass is 331 g/mol. The van der Waals surface area contributed by atoms with Crippen molar-refractivity contribution in [3.8, 4) is 0 Å². The summed E-state index contributed by atoms with van der Waals surface area (Å²) in [5.41, 5.74) is 2.99. The summed E-state index contributed by atoms with van der Waals surface area (Å²) in [6, 6.07) is 5.98. The highest BCUT2D eigenvalue weighted by molar-refractivity contribution is 5.94. The van der Waals surface area contributed by atoms with Crippen molar-refractivity contribution in [3.05, 3.63) is 34.9 Å². The van der Waals surface area contributed by atoms with Gasteiger partial charge in [-0.25, -0.2) is 0 Å². The Morgan fingerprint density at radius 3 is 2.00 bits per heavy atom. The van der Waals surface area contributed by atoms with Crippen molar-refractivity contribution in [3.63, 3.8) is 0 Å². The third-order valence-electron chi connectivity index (χ3n) is 4.60. The Labute approximate surface area is 145 Å². The molecule has 1 heterocycles. The number of piperazine rings is 1. The summed E-state index contributed by atoms with van der Waals surface area (Å²) in [4.78, 5) is 30.7. The molecule has 0 spiro atoms. The van der Waals surface area contributed by atoms with Crippen LogP contribution in [-0.4, -0.2) is 72.3 Å². The molecule has 1 aliphatic rings. The minimum absolute atomic E-state index is 0.0940. The van der Waals surface area contributed by atoms with Gasteiger partial charge in [0.1, 0.15) is 0 Å². The Morgan fingerprint density at radius 2 is 1.50 bits per heavy atom. The summed E-state index contributed by atoms with van der Waals surface area (Å²) in [6.45, 7) is 12.8. The first-order valence-electron chi connectivity index (χ1n) is 8.82. The highest BCUT2D eigenvalue weighted by atomic mass is 16.2. The maximum absolute atomic E-state index is 12.7. The van der Waals surface area contributed by atoms with Gasteiger partial charge in [0.25, 0.3) is 5.91 Å². The van der Waals surface area contributed by atoms with Gasteiger partial charge in [-0.1, -0.05) is 17.2 Å². The lowest BCUT2D eigenvalue weighted by atomic mass is 10.1. The van der Waals surface area contributed by atoms with E-state index in [0.29, 0.717) is 19.6 Å². The first-order chi connectivity index (χ1) is 11.4. The van der Waals surface area contributed by atoms with Gasteiger partial charge in [-0.05, 0) is 39.8 Å². The van der Waals surface area contributed by atoms with Gasteiger partial charge in [-0.2, -0.15) is 0 Å². The number of carbonyl (C=O) groups is 2. The summed E-state index contributed by atoms with van der Waals surface area (Å²) in [7, 11) is 0. The van der Waals surface area contributed by atoms with E-state index in [-0.39, 0.29) is 11.8 Å². The quantitative estimate of drug-likeness (QED) is 0.828. The molecular formula is C19H29N3O2. The summed E-state index contributed by atoms with van der Waals surface area (Å²) in [5, 5.41) is 0. The third-order valence-corrected chi connectivity index (χ3v) is 4.60. The van der Waals surface area contributed by atoms with Crippen molar-refractivity contribution in [2.75, 3.05) is 45.8 Å². The smallest absolute Gasteiger partial charge is 0.253 e. The van der Waals surface area contributed by atoms with Crippen LogP contribution < -0.4 is 0 Å². The molecule has 1 aromatic rings. The van der Waals surface area contributed by atoms with Crippen LogP contribution in [0.5, 0.6) is 0 Å². The fourth-order valence-electron chi connectivity index (χ4n) is 3.26. The van der Waals surface area contributed by atoms with Gasteiger partial charge >= 0.3 is 0 Å². The van der Waals surface area contributed by atoms with Crippen molar-refractivity contribution in [1.82, 2.24) is 14.7 Å². The van der Waals surface area contributed by atoms with Crippen LogP contribution in [-0.2, 0) is 4.79 Å². The van der Waals surface area contributed by atoms with Crippen molar-refractivity contribution in [2.24, 2.45) is 0 Å². The summed E-state index contributed by atoms with van der Waals surface area (Å²) in [5.74, 6) is 0.269. The zero-order valence-corrected chi connectivity index (χ0v) is 15.3. The molecule has 0 N–H and O–H groups in total. The first kappa shape index (κ1) is 18.5. The maximum atomic E-state index is 12.7. The topological polar surface area (TPSA) is 43.9 Å². The van der Waals surface area contributed by atoms with Gasteiger partial charge in [0, 0.05) is 44.8 Å². The molecule has 1 saturated heterocycles. The SMILES string of the molecule is CCN(CC)C(=O)CN1CCN(C(=O)c2cc(C)cc(C)c2)CC1. The lowest BCUT2D eigenvalue weighted by molar-refractivity contribution is -0.132. The molecule has 24 heavy (non-hydrogen) atoms. The van der Waals surface area contributed by atoms with Gasteiger partial charge in [0.05, 0.1) is 6.54 Å². The zero-order chi connectivity index (χ0) is 17.7. The van der Waals surface area contributed by atoms with Crippen LogP contribution in [0.3, 0.4) is 0 Å². The number of likely N-dealkylation sites (N-methyl/N-ethyl adjacent to an activating group) is 1. The fourth-order valence-corrected chi connectivity index (χ4v) is 3.26. The number of aryl methyl sites for hydroxylation is 2. The Morgan fingerprint density at radius 1 is 0.958 bits per heavy atom. The third kappa shape index (κ3) is 4.57. The highest BCUT2D eigenvalue weighted by Crippen LogP contribution is 2.13. The van der Waals surface area contributed by atoms with Gasteiger partial charge in [-0.15, -0.1) is 0 Å². The molecule has 0 saturated carbocycles. The van der Waals surface area contributed by atoms with E-state index < -0.39 is 0 Å². The van der Waals surface area contributed by atoms with E-state index in [2.05, 4.69) is 11.0 Å². The predicted molar refractivity (Wildman–Crippen MR) is 96.2 cm³/mol. The second-order valence-electron chi connectivity index (χ2n) is 6.51. The average Bonchev–Trinajstić information content (AvgIpc) is 2.55. The molecule has 1 fully saturated rings. The molecule has 0 unspecified atom stereocenters. The van der Waals surface area contributed by atoms with Crippen LogP contribution >= 0.6 is 0 Å². The molecule has 0 aliphatic carbocycles. The number of benzene rings is 1. The van der Waals surface area contributed by atoms with Crippen molar-refractivity contribution < 1.29 is 9.59 Å². The molecule has 0 aromatic heterocycles. The average molecular weight is 331 g/mol. The van der Waals surface area contributed by atoms with Crippen LogP contribution in [0.4, 0.5) is 0 Å². The molecule has 132 valence electrons. The number of hydrogen-bond donors (Lipinski definition) is 0. The molecule has 0 radical (unpaired) electrons. The largest absolute Gasteiger partial charge is 0.342 e. The van der Waals surface area contributed by atoms with Crippen LogP contribution in [0.15, 0.2) is 18.2 Å². The second kappa shape index (κ2) is 8.29. The normalized spacial score (nSPS) is 15.4. The van der Waals surface area contributed by atoms with Gasteiger partial charge in [0.2, 0.25) is 5.91 Å². The minimum atomic E-state index is 0.0940. The molecular weight excluding hydrogens is 302 g/mol. The van der Waals surface area contributed by atoms with Crippen LogP contribution in [0.25, 0.3) is 0 Å². The molecule has 1 aromatic carbocycles. The standard InChI is InChI=1S/C19H29N3O2/c1-5-21(6-2)18(23)14-20-7-9-22(10-8-20)19(24)17-12-15(3)11-16(4)13-17/h11-13H,5-10,14H2,1-4H3. The number of carbonyl (C=O) groups excluding carboxylic acids is 2. The number of hydrogen-bond acceptors (Lipinski definition) is 3. The Bertz CT molecular complexity index is 568. The molecule has 2 amide bonds. The Hall–Kier alpha value is -1.88. The zero-order valence-electron chi connectivity index (χ0n) is 15.3. The highest BCUT2D eigenvalue weighted by Gasteiger charge is 2.24. The maximum Gasteiger partial charge on any atom is 0.253 e. The molecule has 5 nitrogen and oxygen atoms in total. The Balaban J connectivity index is 1.90. The van der Waals surface area contributed by atoms with E-state index >= 15 is 0 Å². The summed E-state index contributed by atoms with van der Waals surface area (Å²) in [6.07, 6.45) is 0. The van der Waals surface area contributed by atoms with Gasteiger partial charge in [0.15, 0.2) is 0 Å². The van der Waals surface area contributed by atoms with Crippen molar-refractivity contribution >= 4 is 11.8 Å². The van der Waals surface area contributed by atoms with Crippen molar-refractivity contribution in [1.29, 1.82) is 0 Å². The summed E-state index contributed by atoms with van der Waals surface area (Å²) < 4.78 is 0. The molecule has 5 heteroatoms. The van der Waals surface area contributed by atoms with Crippen LogP contribution in [0, 0.1) is 13.8 Å². The van der Waals surface area contributed by atoms with E-state index in [0.717, 1.165) is 42.9 Å². The lowest BCUT2D eigenvalue weighted by Gasteiger charge is -2.35. The number of nitrogens with zero attached hydrogens (tertiary/aromatic N) is 3. The molecule has 2 rings (SSSR count). The van der Waals surface area contributed by atoms with Crippen LogP contribution in [0.1, 0.15) is 35.3 Å². The van der Waals surface area contributed by atoms with E-state index in [4.69, 9.17) is 0 Å². The lowest BCUT2D eigenvalue weighted by Crippen LogP contribution is -2.51. The number of rotatable bonds is 5. The van der Waals surface area contributed by atoms with Crippen LogP contribution in [0.2, 0.25) is 0 Å². The van der Waals surface area contributed by atoms with E-state index in [1.165, 1.54) is 0 Å². The van der Waals surface area contributed by atoms with E-state index in [1.54, 1.807) is 0 Å². The summed E-state index contributed by atoms with van der Waals surface area (Å²) >= 11 is 0. The second-order valence-corrected chi connectivity index (χ2v) is 6.51. The molecule has 0 atom stereocenters. The molecule has 1 aliphatic heterocycles. The Kier molecular flexibility index (Phi) is 6.37. The fraction of sp³-hybridized carbons (Fsp3) is 0.579. The van der Waals surface area contributed by atoms with E-state index in [1.807, 2.05) is 49.6 Å². The first-order valence-corrected chi connectivity index (χ1v) is 8.82. The van der Waals surface area contributed by atoms with Gasteiger partial charge < -0.3 is 9.80 Å². The van der Waals surface area contributed by atoms with Gasteiger partial charge in [-0.3, -0.25) is 14.5 Å². The van der Waals surface area contributed by atoms with E-state index in [9.17, 15) is 9.59 Å². The van der Waals surface area contributed by atoms with Crippen molar-refractivity contribution in [2.45, 2.75) is 27.7 Å². The minimum Gasteiger partial charge on any atom is -0.342 e. The molecule has 0 bridgehead atoms. The predicted octanol–water partition coefficient (Wildman–Crippen LogP) is 1.93.